The summed E-state index contributed by atoms with van der Waals surface area (Å²) in [5, 5.41) is 0. The Hall–Kier alpha value is -0.780. The van der Waals surface area contributed by atoms with E-state index >= 15 is 0 Å². The van der Waals surface area contributed by atoms with Crippen LogP contribution >= 0.6 is 0 Å². The highest BCUT2D eigenvalue weighted by Crippen LogP contribution is 2.21. The van der Waals surface area contributed by atoms with E-state index in [0.717, 1.165) is 0 Å². The fourth-order valence-electron chi connectivity index (χ4n) is 3.31. The summed E-state index contributed by atoms with van der Waals surface area (Å²) in [7, 11) is 0. The van der Waals surface area contributed by atoms with Crippen molar-refractivity contribution in [3.05, 3.63) is 34.4 Å². The van der Waals surface area contributed by atoms with Gasteiger partial charge in [-0.25, -0.2) is 0 Å². The number of rotatable bonds is 12. The van der Waals surface area contributed by atoms with Crippen LogP contribution in [0.25, 0.3) is 0 Å². The minimum atomic E-state index is 1.27. The summed E-state index contributed by atoms with van der Waals surface area (Å²) in [5.41, 5.74) is 6.21. The van der Waals surface area contributed by atoms with E-state index in [1.165, 1.54) is 88.2 Å². The maximum atomic E-state index is 2.47. The van der Waals surface area contributed by atoms with Gasteiger partial charge in [0.1, 0.15) is 0 Å². The molecular formula is C22H38. The molecule has 0 amide bonds. The number of hydrogen-bond acceptors (Lipinski definition) is 0. The quantitative estimate of drug-likeness (QED) is 0.354. The minimum absolute atomic E-state index is 1.27. The number of aryl methyl sites for hydroxylation is 4. The first kappa shape index (κ1) is 19.3. The summed E-state index contributed by atoms with van der Waals surface area (Å²) >= 11 is 0. The van der Waals surface area contributed by atoms with Crippen LogP contribution in [0.4, 0.5) is 0 Å². The van der Waals surface area contributed by atoms with Crippen LogP contribution in [0, 0.1) is 13.8 Å². The van der Waals surface area contributed by atoms with Gasteiger partial charge in [0.25, 0.3) is 0 Å². The van der Waals surface area contributed by atoms with Gasteiger partial charge in [-0.1, -0.05) is 77.3 Å². The smallest absolute Gasteiger partial charge is 0.0276 e. The van der Waals surface area contributed by atoms with Crippen LogP contribution in [0.3, 0.4) is 0 Å². The Kier molecular flexibility index (Phi) is 10.3. The molecule has 0 nitrogen and oxygen atoms in total. The van der Waals surface area contributed by atoms with Crippen LogP contribution in [-0.2, 0) is 12.8 Å². The maximum absolute atomic E-state index is 2.47. The zero-order valence-electron chi connectivity index (χ0n) is 15.6. The SMILES string of the molecule is CCCCCCCc1cc(C)c(CCCCCCC)cc1C. The van der Waals surface area contributed by atoms with Crippen LogP contribution in [-0.4, -0.2) is 0 Å². The van der Waals surface area contributed by atoms with E-state index in [0.29, 0.717) is 0 Å². The summed E-state index contributed by atoms with van der Waals surface area (Å²) in [6, 6.07) is 4.94. The standard InChI is InChI=1S/C22H38/c1-5-7-9-11-13-15-21-17-20(4)22(18-19(21)3)16-14-12-10-8-6-2/h17-18H,5-16H2,1-4H3. The highest BCUT2D eigenvalue weighted by molar-refractivity contribution is 5.37. The summed E-state index contributed by atoms with van der Waals surface area (Å²) in [6.45, 7) is 9.19. The van der Waals surface area contributed by atoms with Crippen molar-refractivity contribution in [1.82, 2.24) is 0 Å². The van der Waals surface area contributed by atoms with E-state index < -0.39 is 0 Å². The molecule has 0 saturated carbocycles. The second-order valence-electron chi connectivity index (χ2n) is 7.03. The van der Waals surface area contributed by atoms with Crippen molar-refractivity contribution in [2.75, 3.05) is 0 Å². The molecule has 22 heavy (non-hydrogen) atoms. The van der Waals surface area contributed by atoms with Crippen LogP contribution in [0.2, 0.25) is 0 Å². The number of unbranched alkanes of at least 4 members (excludes halogenated alkanes) is 8. The van der Waals surface area contributed by atoms with Crippen molar-refractivity contribution in [2.24, 2.45) is 0 Å². The Morgan fingerprint density at radius 1 is 0.545 bits per heavy atom. The Balaban J connectivity index is 2.42. The Morgan fingerprint density at radius 2 is 0.909 bits per heavy atom. The van der Waals surface area contributed by atoms with Crippen molar-refractivity contribution in [3.8, 4) is 0 Å². The number of hydrogen-bond donors (Lipinski definition) is 0. The van der Waals surface area contributed by atoms with Crippen molar-refractivity contribution in [3.63, 3.8) is 0 Å². The molecule has 1 rings (SSSR count). The van der Waals surface area contributed by atoms with Gasteiger partial charge < -0.3 is 0 Å². The van der Waals surface area contributed by atoms with Crippen LogP contribution in [0.15, 0.2) is 12.1 Å². The first-order valence-corrected chi connectivity index (χ1v) is 9.78. The molecule has 0 fully saturated rings. The summed E-state index contributed by atoms with van der Waals surface area (Å²) < 4.78 is 0. The van der Waals surface area contributed by atoms with Gasteiger partial charge in [0.2, 0.25) is 0 Å². The molecule has 0 unspecified atom stereocenters. The third kappa shape index (κ3) is 7.47. The predicted octanol–water partition coefficient (Wildman–Crippen LogP) is 7.33. The molecule has 1 aromatic carbocycles. The van der Waals surface area contributed by atoms with E-state index in [9.17, 15) is 0 Å². The van der Waals surface area contributed by atoms with E-state index in [-0.39, 0.29) is 0 Å². The fraction of sp³-hybridized carbons (Fsp3) is 0.727. The first-order valence-electron chi connectivity index (χ1n) is 9.78. The molecule has 0 atom stereocenters. The lowest BCUT2D eigenvalue weighted by atomic mass is 9.93. The van der Waals surface area contributed by atoms with Crippen molar-refractivity contribution in [1.29, 1.82) is 0 Å². The molecule has 0 heterocycles. The zero-order valence-corrected chi connectivity index (χ0v) is 15.6. The molecular weight excluding hydrogens is 264 g/mol. The third-order valence-electron chi connectivity index (χ3n) is 4.89. The molecule has 0 aliphatic heterocycles. The van der Waals surface area contributed by atoms with E-state index in [4.69, 9.17) is 0 Å². The molecule has 0 N–H and O–H groups in total. The lowest BCUT2D eigenvalue weighted by molar-refractivity contribution is 0.628. The van der Waals surface area contributed by atoms with E-state index in [2.05, 4.69) is 39.8 Å². The third-order valence-corrected chi connectivity index (χ3v) is 4.89. The topological polar surface area (TPSA) is 0 Å². The van der Waals surface area contributed by atoms with Crippen molar-refractivity contribution < 1.29 is 0 Å². The van der Waals surface area contributed by atoms with Crippen LogP contribution < -0.4 is 0 Å². The lowest BCUT2D eigenvalue weighted by Crippen LogP contribution is -1.97. The summed E-state index contributed by atoms with van der Waals surface area (Å²) in [6.07, 6.45) is 16.3. The molecule has 0 bridgehead atoms. The van der Waals surface area contributed by atoms with Crippen LogP contribution in [0.5, 0.6) is 0 Å². The van der Waals surface area contributed by atoms with Crippen LogP contribution in [0.1, 0.15) is 100 Å². The average Bonchev–Trinajstić information content (AvgIpc) is 2.51. The normalized spacial score (nSPS) is 11.1. The van der Waals surface area contributed by atoms with Gasteiger partial charge in [-0.2, -0.15) is 0 Å². The van der Waals surface area contributed by atoms with Gasteiger partial charge in [0.05, 0.1) is 0 Å². The van der Waals surface area contributed by atoms with Gasteiger partial charge in [0.15, 0.2) is 0 Å². The molecule has 0 heteroatoms. The lowest BCUT2D eigenvalue weighted by Gasteiger charge is -2.12. The Morgan fingerprint density at radius 3 is 1.27 bits per heavy atom. The van der Waals surface area contributed by atoms with Gasteiger partial charge in [-0.15, -0.1) is 0 Å². The average molecular weight is 303 g/mol. The Labute approximate surface area is 139 Å². The second kappa shape index (κ2) is 11.7. The second-order valence-corrected chi connectivity index (χ2v) is 7.03. The van der Waals surface area contributed by atoms with E-state index in [1.54, 1.807) is 11.1 Å². The van der Waals surface area contributed by atoms with Crippen molar-refractivity contribution >= 4 is 0 Å². The minimum Gasteiger partial charge on any atom is -0.0654 e. The highest BCUT2D eigenvalue weighted by Gasteiger charge is 2.05. The predicted molar refractivity (Wildman–Crippen MR) is 101 cm³/mol. The molecule has 0 aromatic heterocycles. The zero-order chi connectivity index (χ0) is 16.2. The fourth-order valence-corrected chi connectivity index (χ4v) is 3.31. The van der Waals surface area contributed by atoms with Gasteiger partial charge in [-0.3, -0.25) is 0 Å². The molecule has 0 radical (unpaired) electrons. The molecule has 1 aromatic rings. The van der Waals surface area contributed by atoms with Crippen molar-refractivity contribution in [2.45, 2.75) is 105 Å². The van der Waals surface area contributed by atoms with Gasteiger partial charge in [-0.05, 0) is 61.8 Å². The largest absolute Gasteiger partial charge is 0.0654 e. The molecule has 0 aliphatic rings. The molecule has 0 saturated heterocycles. The maximum Gasteiger partial charge on any atom is -0.0276 e. The number of benzene rings is 1. The summed E-state index contributed by atoms with van der Waals surface area (Å²) in [4.78, 5) is 0. The molecule has 0 aliphatic carbocycles. The monoisotopic (exact) mass is 302 g/mol. The first-order chi connectivity index (χ1) is 10.7. The Bertz CT molecular complexity index is 363. The highest BCUT2D eigenvalue weighted by atomic mass is 14.1. The molecule has 0 spiro atoms. The van der Waals surface area contributed by atoms with E-state index in [1.807, 2.05) is 0 Å². The molecule has 126 valence electrons. The summed E-state index contributed by atoms with van der Waals surface area (Å²) in [5.74, 6) is 0. The van der Waals surface area contributed by atoms with Gasteiger partial charge >= 0.3 is 0 Å². The van der Waals surface area contributed by atoms with Gasteiger partial charge in [0, 0.05) is 0 Å².